The Morgan fingerprint density at radius 2 is 1.78 bits per heavy atom. The van der Waals surface area contributed by atoms with Crippen LogP contribution in [-0.2, 0) is 23.8 Å². The molecule has 0 spiro atoms. The Kier molecular flexibility index (Phi) is 10.8. The summed E-state index contributed by atoms with van der Waals surface area (Å²) in [4.78, 5) is 23.5. The first-order chi connectivity index (χ1) is 14.8. The van der Waals surface area contributed by atoms with Crippen molar-refractivity contribution in [2.24, 2.45) is 0 Å². The van der Waals surface area contributed by atoms with Gasteiger partial charge in [0.05, 0.1) is 31.5 Å². The van der Waals surface area contributed by atoms with Gasteiger partial charge in [0.25, 0.3) is 5.79 Å². The van der Waals surface area contributed by atoms with Crippen molar-refractivity contribution >= 4 is 11.9 Å². The lowest BCUT2D eigenvalue weighted by Crippen LogP contribution is -2.68. The largest absolute Gasteiger partial charge is 0.477 e. The molecule has 14 heteroatoms. The third-order valence-electron chi connectivity index (χ3n) is 5.20. The maximum atomic E-state index is 12.0. The number of methoxy groups -OCH3 is 1. The van der Waals surface area contributed by atoms with E-state index in [4.69, 9.17) is 19.3 Å². The molecule has 1 aliphatic rings. The maximum absolute atomic E-state index is 12.0. The van der Waals surface area contributed by atoms with Gasteiger partial charge in [-0.15, -0.1) is 0 Å². The zero-order valence-electron chi connectivity index (χ0n) is 17.9. The summed E-state index contributed by atoms with van der Waals surface area (Å²) >= 11 is 0. The van der Waals surface area contributed by atoms with Crippen molar-refractivity contribution in [3.05, 3.63) is 0 Å². The van der Waals surface area contributed by atoms with Crippen LogP contribution in [-0.4, -0.2) is 134 Å². The number of carbonyl (C=O) groups is 2. The molecule has 0 aromatic heterocycles. The Balaban J connectivity index is 3.19. The summed E-state index contributed by atoms with van der Waals surface area (Å²) in [5, 5.41) is 81.2. The normalized spacial score (nSPS) is 31.8. The number of nitrogens with one attached hydrogen (secondary N) is 1. The van der Waals surface area contributed by atoms with Crippen LogP contribution in [0, 0.1) is 0 Å². The summed E-state index contributed by atoms with van der Waals surface area (Å²) in [6.45, 7) is 0.685. The van der Waals surface area contributed by atoms with E-state index in [0.717, 1.165) is 14.0 Å². The molecule has 188 valence electrons. The van der Waals surface area contributed by atoms with E-state index in [9.17, 15) is 45.3 Å². The highest BCUT2D eigenvalue weighted by Crippen LogP contribution is 2.34. The molecule has 5 unspecified atom stereocenters. The second-order valence-corrected chi connectivity index (χ2v) is 7.69. The van der Waals surface area contributed by atoms with Gasteiger partial charge in [0.15, 0.2) is 0 Å². The molecular weight excluding hydrogens is 438 g/mol. The molecule has 0 aromatic rings. The van der Waals surface area contributed by atoms with Gasteiger partial charge in [-0.25, -0.2) is 4.79 Å². The van der Waals surface area contributed by atoms with Gasteiger partial charge >= 0.3 is 5.97 Å². The van der Waals surface area contributed by atoms with E-state index in [2.05, 4.69) is 5.32 Å². The van der Waals surface area contributed by atoms with E-state index in [1.807, 2.05) is 0 Å². The fraction of sp³-hybridized carbons (Fsp3) is 0.889. The molecule has 32 heavy (non-hydrogen) atoms. The molecular formula is C18H33NO13. The second kappa shape index (κ2) is 12.1. The molecule has 14 nitrogen and oxygen atoms in total. The van der Waals surface area contributed by atoms with Gasteiger partial charge in [0.2, 0.25) is 5.91 Å². The first kappa shape index (κ1) is 28.6. The zero-order valence-corrected chi connectivity index (χ0v) is 17.9. The van der Waals surface area contributed by atoms with Crippen LogP contribution in [0.2, 0.25) is 0 Å². The lowest BCUT2D eigenvalue weighted by molar-refractivity contribution is -0.318. The molecule has 0 aliphatic carbocycles. The molecule has 0 aromatic carbocycles. The molecule has 9 N–H and O–H groups in total. The van der Waals surface area contributed by atoms with Crippen molar-refractivity contribution < 1.29 is 64.7 Å². The van der Waals surface area contributed by atoms with Gasteiger partial charge in [-0.3, -0.25) is 4.79 Å². The Labute approximate surface area is 184 Å². The smallest absolute Gasteiger partial charge is 0.364 e. The lowest BCUT2D eigenvalue weighted by Gasteiger charge is -2.46. The molecule has 0 bridgehead atoms. The molecule has 1 saturated heterocycles. The minimum atomic E-state index is -2.62. The van der Waals surface area contributed by atoms with Crippen LogP contribution >= 0.6 is 0 Å². The van der Waals surface area contributed by atoms with Gasteiger partial charge in [0, 0.05) is 20.5 Å². The monoisotopic (exact) mass is 471 g/mol. The molecule has 10 atom stereocenters. The van der Waals surface area contributed by atoms with Crippen molar-refractivity contribution in [1.82, 2.24) is 5.32 Å². The van der Waals surface area contributed by atoms with Gasteiger partial charge in [-0.05, 0) is 6.92 Å². The first-order valence-electron chi connectivity index (χ1n) is 9.85. The first-order valence-corrected chi connectivity index (χ1v) is 9.85. The van der Waals surface area contributed by atoms with E-state index < -0.39 is 92.2 Å². The Bertz CT molecular complexity index is 620. The third kappa shape index (κ3) is 6.77. The number of aliphatic hydroxyl groups excluding tert-OH is 7. The van der Waals surface area contributed by atoms with Crippen LogP contribution in [0.15, 0.2) is 0 Å². The van der Waals surface area contributed by atoms with Crippen LogP contribution in [0.25, 0.3) is 0 Å². The fourth-order valence-electron chi connectivity index (χ4n) is 3.31. The minimum absolute atomic E-state index is 0.647. The molecule has 1 heterocycles. The van der Waals surface area contributed by atoms with Crippen LogP contribution in [0.3, 0.4) is 0 Å². The van der Waals surface area contributed by atoms with Crippen molar-refractivity contribution in [3.63, 3.8) is 0 Å². The quantitative estimate of drug-likeness (QED) is 0.130. The Morgan fingerprint density at radius 3 is 2.22 bits per heavy atom. The van der Waals surface area contributed by atoms with Crippen LogP contribution in [0.5, 0.6) is 0 Å². The van der Waals surface area contributed by atoms with Crippen molar-refractivity contribution in [2.75, 3.05) is 20.3 Å². The Hall–Kier alpha value is -1.46. The topological polar surface area (TPSA) is 236 Å². The van der Waals surface area contributed by atoms with E-state index in [1.54, 1.807) is 0 Å². The standard InChI is InChI=1S/C18H33NO13/c1-7(21)13(25)15(27)11(30-3)6-31-18(17(28)29)4-9(23)12(19-8(2)22)16(32-18)14(26)10(24)5-20/h7,9-16,20-21,23-27H,4-6H2,1-3H3,(H,19,22)(H,28,29)/t7-,9-,10-,11?,12?,13?,14-,15?,16?,18-/m1/s1. The number of carboxylic acids is 1. The SMILES string of the molecule is COC(CO[C@]1(C(=O)O)C[C@@H](O)C(NC(C)=O)C([C@H](O)[C@H](O)CO)O1)C(O)C(O)[C@@H](C)O. The highest BCUT2D eigenvalue weighted by molar-refractivity contribution is 5.76. The highest BCUT2D eigenvalue weighted by atomic mass is 16.7. The van der Waals surface area contributed by atoms with E-state index >= 15 is 0 Å². The van der Waals surface area contributed by atoms with Gasteiger partial charge < -0.3 is 60.4 Å². The van der Waals surface area contributed by atoms with Gasteiger partial charge in [-0.2, -0.15) is 0 Å². The van der Waals surface area contributed by atoms with Crippen molar-refractivity contribution in [2.45, 2.75) is 80.9 Å². The zero-order chi connectivity index (χ0) is 24.8. The van der Waals surface area contributed by atoms with E-state index in [1.165, 1.54) is 6.92 Å². The number of carboxylic acid groups (broad SMARTS) is 1. The van der Waals surface area contributed by atoms with E-state index in [-0.39, 0.29) is 0 Å². The molecule has 0 radical (unpaired) electrons. The predicted molar refractivity (Wildman–Crippen MR) is 103 cm³/mol. The molecule has 1 fully saturated rings. The number of hydrogen-bond donors (Lipinski definition) is 9. The summed E-state index contributed by atoms with van der Waals surface area (Å²) in [6.07, 6.45) is -13.9. The average molecular weight is 471 g/mol. The van der Waals surface area contributed by atoms with E-state index in [0.29, 0.717) is 0 Å². The van der Waals surface area contributed by atoms with Crippen LogP contribution in [0.1, 0.15) is 20.3 Å². The second-order valence-electron chi connectivity index (χ2n) is 7.69. The van der Waals surface area contributed by atoms with Crippen molar-refractivity contribution in [1.29, 1.82) is 0 Å². The Morgan fingerprint density at radius 1 is 1.19 bits per heavy atom. The summed E-state index contributed by atoms with van der Waals surface area (Å²) < 4.78 is 15.7. The number of amides is 1. The molecule has 1 aliphatic heterocycles. The highest BCUT2D eigenvalue weighted by Gasteiger charge is 2.56. The number of hydrogen-bond acceptors (Lipinski definition) is 12. The van der Waals surface area contributed by atoms with Crippen molar-refractivity contribution in [3.8, 4) is 0 Å². The summed E-state index contributed by atoms with van der Waals surface area (Å²) in [5.74, 6) is -5.01. The van der Waals surface area contributed by atoms with Crippen LogP contribution in [0.4, 0.5) is 0 Å². The number of carbonyl (C=O) groups excluding carboxylic acids is 1. The van der Waals surface area contributed by atoms with Crippen LogP contribution < -0.4 is 5.32 Å². The summed E-state index contributed by atoms with van der Waals surface area (Å²) in [5.41, 5.74) is 0. The number of aliphatic hydroxyl groups is 7. The van der Waals surface area contributed by atoms with Gasteiger partial charge in [-0.1, -0.05) is 0 Å². The average Bonchev–Trinajstić information content (AvgIpc) is 2.73. The number of ether oxygens (including phenoxy) is 3. The summed E-state index contributed by atoms with van der Waals surface area (Å²) in [7, 11) is 1.13. The number of aliphatic carboxylic acids is 1. The lowest BCUT2D eigenvalue weighted by atomic mass is 9.88. The maximum Gasteiger partial charge on any atom is 0.364 e. The molecule has 0 saturated carbocycles. The summed E-state index contributed by atoms with van der Waals surface area (Å²) in [6, 6.07) is -1.36. The fourth-order valence-corrected chi connectivity index (χ4v) is 3.31. The molecule has 1 rings (SSSR count). The number of rotatable bonds is 12. The predicted octanol–water partition coefficient (Wildman–Crippen LogP) is -4.73. The minimum Gasteiger partial charge on any atom is -0.477 e. The molecule has 1 amide bonds. The van der Waals surface area contributed by atoms with Gasteiger partial charge in [0.1, 0.15) is 36.6 Å². The third-order valence-corrected chi connectivity index (χ3v) is 5.20.